The van der Waals surface area contributed by atoms with Gasteiger partial charge in [-0.25, -0.2) is 9.78 Å². The van der Waals surface area contributed by atoms with Crippen LogP contribution in [0.1, 0.15) is 55.3 Å². The Labute approximate surface area is 202 Å². The van der Waals surface area contributed by atoms with Gasteiger partial charge in [-0.1, -0.05) is 0 Å². The molecular weight excluding hydrogens is 450 g/mol. The molecule has 2 saturated heterocycles. The van der Waals surface area contributed by atoms with Gasteiger partial charge in [-0.3, -0.25) is 19.1 Å². The molecule has 2 atom stereocenters. The van der Waals surface area contributed by atoms with E-state index in [-0.39, 0.29) is 12.5 Å². The molecule has 1 spiro atoms. The minimum Gasteiger partial charge on any atom is -0.386 e. The Morgan fingerprint density at radius 2 is 2.00 bits per heavy atom. The number of aliphatic hydroxyl groups is 1. The van der Waals surface area contributed by atoms with Gasteiger partial charge in [0.1, 0.15) is 11.4 Å². The maximum absolute atomic E-state index is 13.3. The zero-order valence-corrected chi connectivity index (χ0v) is 20.3. The standard InChI is InChI=1S/C25H31N5O5/c1-4-29-16(2)26-18-13-17(5-6-19(18)29)22(32)28-11-8-25(9-12-28)14-20(24(3,34)15-35-25)30-10-7-21(31)27-23(30)33/h5-7,10,13,20,34H,4,8-9,11-12,14-15H2,1-3H3,(H,27,31,33)/t20-,24-/m0/s1. The van der Waals surface area contributed by atoms with Crippen LogP contribution in [0.3, 0.4) is 0 Å². The molecule has 10 nitrogen and oxygen atoms in total. The zero-order valence-electron chi connectivity index (χ0n) is 20.3. The van der Waals surface area contributed by atoms with Crippen LogP contribution < -0.4 is 11.2 Å². The summed E-state index contributed by atoms with van der Waals surface area (Å²) in [6, 6.07) is 6.39. The number of rotatable bonds is 3. The Morgan fingerprint density at radius 3 is 2.69 bits per heavy atom. The summed E-state index contributed by atoms with van der Waals surface area (Å²) in [5.41, 5.74) is -0.408. The lowest BCUT2D eigenvalue weighted by atomic mass is 9.77. The quantitative estimate of drug-likeness (QED) is 0.586. The van der Waals surface area contributed by atoms with Gasteiger partial charge in [0.05, 0.1) is 29.3 Å². The first kappa shape index (κ1) is 23.5. The van der Waals surface area contributed by atoms with E-state index in [0.29, 0.717) is 37.9 Å². The Morgan fingerprint density at radius 1 is 1.26 bits per heavy atom. The molecule has 0 aliphatic carbocycles. The van der Waals surface area contributed by atoms with E-state index < -0.39 is 28.5 Å². The molecule has 4 heterocycles. The van der Waals surface area contributed by atoms with E-state index in [1.807, 2.05) is 30.0 Å². The van der Waals surface area contributed by atoms with Crippen LogP contribution in [0.15, 0.2) is 40.1 Å². The van der Waals surface area contributed by atoms with Crippen LogP contribution in [-0.4, -0.2) is 65.9 Å². The van der Waals surface area contributed by atoms with Crippen molar-refractivity contribution in [3.05, 3.63) is 62.7 Å². The second-order valence-electron chi connectivity index (χ2n) is 9.97. The van der Waals surface area contributed by atoms with Gasteiger partial charge in [0.25, 0.3) is 11.5 Å². The van der Waals surface area contributed by atoms with Crippen molar-refractivity contribution in [1.82, 2.24) is 24.0 Å². The molecular formula is C25H31N5O5. The molecule has 0 radical (unpaired) electrons. The molecule has 5 rings (SSSR count). The molecule has 0 unspecified atom stereocenters. The van der Waals surface area contributed by atoms with Crippen LogP contribution in [0.4, 0.5) is 0 Å². The first-order valence-electron chi connectivity index (χ1n) is 12.1. The number of aryl methyl sites for hydroxylation is 2. The van der Waals surface area contributed by atoms with Crippen LogP contribution in [0.5, 0.6) is 0 Å². The van der Waals surface area contributed by atoms with Crippen molar-refractivity contribution in [3.8, 4) is 0 Å². The average Bonchev–Trinajstić information content (AvgIpc) is 3.15. The molecule has 3 aromatic rings. The lowest BCUT2D eigenvalue weighted by Gasteiger charge is -2.51. The highest BCUT2D eigenvalue weighted by Crippen LogP contribution is 2.43. The van der Waals surface area contributed by atoms with Crippen LogP contribution in [0, 0.1) is 6.92 Å². The van der Waals surface area contributed by atoms with E-state index in [1.54, 1.807) is 6.92 Å². The number of H-pyrrole nitrogens is 1. The Balaban J connectivity index is 1.33. The number of nitrogens with zero attached hydrogens (tertiary/aromatic N) is 4. The molecule has 10 heteroatoms. The third-order valence-electron chi connectivity index (χ3n) is 7.60. The van der Waals surface area contributed by atoms with E-state index in [9.17, 15) is 19.5 Å². The number of nitrogens with one attached hydrogen (secondary N) is 1. The number of hydrogen-bond donors (Lipinski definition) is 2. The maximum Gasteiger partial charge on any atom is 0.328 e. The molecule has 1 amide bonds. The lowest BCUT2D eigenvalue weighted by Crippen LogP contribution is -2.58. The summed E-state index contributed by atoms with van der Waals surface area (Å²) in [5.74, 6) is 0.884. The normalized spacial score (nSPS) is 24.2. The number of aromatic nitrogens is 4. The van der Waals surface area contributed by atoms with Gasteiger partial charge in [0.15, 0.2) is 0 Å². The van der Waals surface area contributed by atoms with Crippen LogP contribution >= 0.6 is 0 Å². The number of benzene rings is 1. The van der Waals surface area contributed by atoms with Gasteiger partial charge in [-0.05, 0) is 51.8 Å². The summed E-state index contributed by atoms with van der Waals surface area (Å²) in [5, 5.41) is 11.0. The highest BCUT2D eigenvalue weighted by atomic mass is 16.5. The van der Waals surface area contributed by atoms with Crippen LogP contribution in [0.2, 0.25) is 0 Å². The number of hydrogen-bond acceptors (Lipinski definition) is 6. The molecule has 2 fully saturated rings. The highest BCUT2D eigenvalue weighted by molar-refractivity contribution is 5.97. The predicted octanol–water partition coefficient (Wildman–Crippen LogP) is 1.60. The zero-order chi connectivity index (χ0) is 25.0. The van der Waals surface area contributed by atoms with E-state index >= 15 is 0 Å². The first-order valence-corrected chi connectivity index (χ1v) is 12.1. The fourth-order valence-corrected chi connectivity index (χ4v) is 5.53. The summed E-state index contributed by atoms with van der Waals surface area (Å²) < 4.78 is 9.67. The van der Waals surface area contributed by atoms with Crippen molar-refractivity contribution in [3.63, 3.8) is 0 Å². The summed E-state index contributed by atoms with van der Waals surface area (Å²) >= 11 is 0. The Kier molecular flexibility index (Phi) is 5.68. The van der Waals surface area contributed by atoms with Crippen molar-refractivity contribution in [2.24, 2.45) is 0 Å². The Bertz CT molecular complexity index is 1390. The fraction of sp³-hybridized carbons (Fsp3) is 0.520. The molecule has 2 aliphatic heterocycles. The molecule has 2 N–H and O–H groups in total. The van der Waals surface area contributed by atoms with Crippen molar-refractivity contribution in [2.75, 3.05) is 19.7 Å². The topological polar surface area (TPSA) is 122 Å². The molecule has 1 aromatic carbocycles. The largest absolute Gasteiger partial charge is 0.386 e. The monoisotopic (exact) mass is 481 g/mol. The van der Waals surface area contributed by atoms with E-state index in [0.717, 1.165) is 23.4 Å². The average molecular weight is 482 g/mol. The number of amides is 1. The number of fused-ring (bicyclic) bond motifs is 1. The minimum absolute atomic E-state index is 0.0401. The van der Waals surface area contributed by atoms with Crippen molar-refractivity contribution < 1.29 is 14.6 Å². The van der Waals surface area contributed by atoms with Gasteiger partial charge >= 0.3 is 5.69 Å². The number of aromatic amines is 1. The molecule has 186 valence electrons. The summed E-state index contributed by atoms with van der Waals surface area (Å²) in [6.45, 7) is 7.57. The maximum atomic E-state index is 13.3. The van der Waals surface area contributed by atoms with E-state index in [1.165, 1.54) is 16.8 Å². The molecule has 2 aliphatic rings. The third kappa shape index (κ3) is 4.10. The number of piperidine rings is 1. The van der Waals surface area contributed by atoms with Gasteiger partial charge < -0.3 is 19.3 Å². The van der Waals surface area contributed by atoms with Gasteiger partial charge in [0.2, 0.25) is 0 Å². The predicted molar refractivity (Wildman–Crippen MR) is 130 cm³/mol. The van der Waals surface area contributed by atoms with E-state index in [2.05, 4.69) is 21.5 Å². The van der Waals surface area contributed by atoms with Crippen LogP contribution in [-0.2, 0) is 11.3 Å². The number of likely N-dealkylation sites (tertiary alicyclic amines) is 1. The molecule has 0 bridgehead atoms. The number of imidazole rings is 1. The van der Waals surface area contributed by atoms with Crippen molar-refractivity contribution in [1.29, 1.82) is 0 Å². The smallest absolute Gasteiger partial charge is 0.328 e. The lowest BCUT2D eigenvalue weighted by molar-refractivity contribution is -0.199. The van der Waals surface area contributed by atoms with Crippen molar-refractivity contribution in [2.45, 2.75) is 63.8 Å². The fourth-order valence-electron chi connectivity index (χ4n) is 5.53. The van der Waals surface area contributed by atoms with E-state index in [4.69, 9.17) is 4.74 Å². The summed E-state index contributed by atoms with van der Waals surface area (Å²) in [6.07, 6.45) is 3.02. The first-order chi connectivity index (χ1) is 16.6. The van der Waals surface area contributed by atoms with Crippen molar-refractivity contribution >= 4 is 16.9 Å². The number of carbonyl (C=O) groups is 1. The third-order valence-corrected chi connectivity index (χ3v) is 7.60. The SMILES string of the molecule is CCn1c(C)nc2cc(C(=O)N3CCC4(CC3)C[C@H](n3ccc(=O)[nH]c3=O)[C@@](C)(O)CO4)ccc21. The highest BCUT2D eigenvalue weighted by Gasteiger charge is 2.49. The Hall–Kier alpha value is -3.24. The molecule has 2 aromatic heterocycles. The minimum atomic E-state index is -1.27. The second-order valence-corrected chi connectivity index (χ2v) is 9.97. The van der Waals surface area contributed by atoms with Gasteiger partial charge in [0, 0.05) is 43.9 Å². The number of ether oxygens (including phenoxy) is 1. The van der Waals surface area contributed by atoms with Crippen LogP contribution in [0.25, 0.3) is 11.0 Å². The van der Waals surface area contributed by atoms with Gasteiger partial charge in [-0.15, -0.1) is 0 Å². The molecule has 35 heavy (non-hydrogen) atoms. The second kappa shape index (κ2) is 8.46. The summed E-state index contributed by atoms with van der Waals surface area (Å²) in [7, 11) is 0. The molecule has 0 saturated carbocycles. The summed E-state index contributed by atoms with van der Waals surface area (Å²) in [4.78, 5) is 45.9. The number of carbonyl (C=O) groups excluding carboxylic acids is 1. The van der Waals surface area contributed by atoms with Gasteiger partial charge in [-0.2, -0.15) is 0 Å².